The first-order valence-corrected chi connectivity index (χ1v) is 9.95. The van der Waals surface area contributed by atoms with Crippen LogP contribution in [-0.2, 0) is 4.79 Å². The zero-order valence-corrected chi connectivity index (χ0v) is 17.4. The number of hydrogen-bond acceptors (Lipinski definition) is 7. The van der Waals surface area contributed by atoms with Gasteiger partial charge in [-0.05, 0) is 44.9 Å². The van der Waals surface area contributed by atoms with Gasteiger partial charge in [0.15, 0.2) is 5.82 Å². The summed E-state index contributed by atoms with van der Waals surface area (Å²) in [6.45, 7) is 4.12. The lowest BCUT2D eigenvalue weighted by Gasteiger charge is -2.44. The Morgan fingerprint density at radius 1 is 1.43 bits per heavy atom. The number of likely N-dealkylation sites (N-methyl/N-ethyl adjacent to an activating group) is 1. The lowest BCUT2D eigenvalue weighted by Crippen LogP contribution is -2.60. The summed E-state index contributed by atoms with van der Waals surface area (Å²) in [6, 6.07) is 7.31. The SMILES string of the molecule is C#Cc1cccc(OC[C@]2(N)C[C@H](Nc3nc(C)c4c(n3)N(C)[C@@H](C)C(=O)N4)C2)c1. The molecule has 1 aromatic carbocycles. The number of anilines is 3. The molecule has 0 radical (unpaired) electrons. The maximum Gasteiger partial charge on any atom is 0.246 e. The van der Waals surface area contributed by atoms with Crippen molar-refractivity contribution in [2.75, 3.05) is 29.2 Å². The molecule has 156 valence electrons. The van der Waals surface area contributed by atoms with Crippen LogP contribution in [0.2, 0.25) is 0 Å². The van der Waals surface area contributed by atoms with Crippen LogP contribution in [0, 0.1) is 19.3 Å². The summed E-state index contributed by atoms with van der Waals surface area (Å²) in [5.41, 5.74) is 8.22. The Labute approximate surface area is 176 Å². The Hall–Kier alpha value is -3.31. The van der Waals surface area contributed by atoms with Crippen molar-refractivity contribution >= 4 is 23.4 Å². The Bertz CT molecular complexity index is 1020. The Morgan fingerprint density at radius 3 is 2.93 bits per heavy atom. The lowest BCUT2D eigenvalue weighted by molar-refractivity contribution is -0.117. The molecule has 8 nitrogen and oxygen atoms in total. The number of terminal acetylenes is 1. The van der Waals surface area contributed by atoms with Gasteiger partial charge >= 0.3 is 0 Å². The minimum Gasteiger partial charge on any atom is -0.492 e. The molecule has 0 unspecified atom stereocenters. The van der Waals surface area contributed by atoms with Crippen molar-refractivity contribution < 1.29 is 9.53 Å². The fraction of sp³-hybridized carbons (Fsp3) is 0.409. The predicted octanol–water partition coefficient (Wildman–Crippen LogP) is 1.89. The summed E-state index contributed by atoms with van der Waals surface area (Å²) < 4.78 is 5.86. The number of fused-ring (bicyclic) bond motifs is 1. The average molecular weight is 406 g/mol. The van der Waals surface area contributed by atoms with Crippen LogP contribution in [0.3, 0.4) is 0 Å². The molecule has 8 heteroatoms. The van der Waals surface area contributed by atoms with Crippen molar-refractivity contribution in [1.82, 2.24) is 9.97 Å². The van der Waals surface area contributed by atoms with E-state index < -0.39 is 5.54 Å². The number of amides is 1. The third-order valence-corrected chi connectivity index (χ3v) is 5.78. The van der Waals surface area contributed by atoms with Crippen molar-refractivity contribution in [1.29, 1.82) is 0 Å². The van der Waals surface area contributed by atoms with Crippen LogP contribution in [0.4, 0.5) is 17.5 Å². The number of benzene rings is 1. The van der Waals surface area contributed by atoms with Gasteiger partial charge in [-0.1, -0.05) is 12.0 Å². The summed E-state index contributed by atoms with van der Waals surface area (Å²) in [5.74, 6) is 4.52. The summed E-state index contributed by atoms with van der Waals surface area (Å²) in [6.07, 6.45) is 6.91. The van der Waals surface area contributed by atoms with Gasteiger partial charge in [-0.15, -0.1) is 6.42 Å². The van der Waals surface area contributed by atoms with E-state index in [1.54, 1.807) is 0 Å². The molecule has 0 spiro atoms. The van der Waals surface area contributed by atoms with E-state index in [4.69, 9.17) is 16.9 Å². The highest BCUT2D eigenvalue weighted by Crippen LogP contribution is 2.35. The molecule has 4 N–H and O–H groups in total. The molecule has 0 saturated heterocycles. The van der Waals surface area contributed by atoms with Gasteiger partial charge in [0.2, 0.25) is 11.9 Å². The molecule has 1 saturated carbocycles. The molecule has 1 aliphatic carbocycles. The quantitative estimate of drug-likeness (QED) is 0.651. The number of hydrogen-bond donors (Lipinski definition) is 3. The van der Waals surface area contributed by atoms with Crippen LogP contribution in [0.25, 0.3) is 0 Å². The third kappa shape index (κ3) is 3.76. The third-order valence-electron chi connectivity index (χ3n) is 5.78. The summed E-state index contributed by atoms with van der Waals surface area (Å²) in [7, 11) is 1.86. The highest BCUT2D eigenvalue weighted by Gasteiger charge is 2.42. The Kier molecular flexibility index (Phi) is 5.00. The van der Waals surface area contributed by atoms with Gasteiger partial charge in [0, 0.05) is 18.7 Å². The number of nitrogens with two attached hydrogens (primary N) is 1. The zero-order valence-electron chi connectivity index (χ0n) is 17.4. The van der Waals surface area contributed by atoms with Crippen LogP contribution in [0.5, 0.6) is 5.75 Å². The minimum atomic E-state index is -0.410. The number of rotatable bonds is 5. The molecule has 2 aromatic rings. The largest absolute Gasteiger partial charge is 0.492 e. The number of aryl methyl sites for hydroxylation is 1. The van der Waals surface area contributed by atoms with Crippen LogP contribution in [0.1, 0.15) is 31.0 Å². The second kappa shape index (κ2) is 7.50. The van der Waals surface area contributed by atoms with Gasteiger partial charge in [-0.2, -0.15) is 4.98 Å². The maximum absolute atomic E-state index is 12.0. The van der Waals surface area contributed by atoms with Gasteiger partial charge in [0.05, 0.1) is 11.2 Å². The molecular weight excluding hydrogens is 380 g/mol. The molecule has 1 aromatic heterocycles. The van der Waals surface area contributed by atoms with E-state index in [1.165, 1.54) is 0 Å². The number of nitrogens with one attached hydrogen (secondary N) is 2. The first kappa shape index (κ1) is 20.0. The monoisotopic (exact) mass is 406 g/mol. The van der Waals surface area contributed by atoms with Gasteiger partial charge < -0.3 is 26.0 Å². The van der Waals surface area contributed by atoms with Gasteiger partial charge in [0.1, 0.15) is 24.1 Å². The molecule has 2 aliphatic rings. The minimum absolute atomic E-state index is 0.0582. The predicted molar refractivity (Wildman–Crippen MR) is 117 cm³/mol. The summed E-state index contributed by atoms with van der Waals surface area (Å²) >= 11 is 0. The fourth-order valence-electron chi connectivity index (χ4n) is 3.84. The van der Waals surface area contributed by atoms with Crippen LogP contribution >= 0.6 is 0 Å². The molecule has 2 heterocycles. The summed E-state index contributed by atoms with van der Waals surface area (Å²) in [5, 5.41) is 6.25. The molecule has 4 rings (SSSR count). The van der Waals surface area contributed by atoms with E-state index in [-0.39, 0.29) is 18.0 Å². The first-order valence-electron chi connectivity index (χ1n) is 9.95. The summed E-state index contributed by atoms with van der Waals surface area (Å²) in [4.78, 5) is 23.0. The van der Waals surface area contributed by atoms with Gasteiger partial charge in [0.25, 0.3) is 0 Å². The number of aromatic nitrogens is 2. The van der Waals surface area contributed by atoms with E-state index in [1.807, 2.05) is 50.1 Å². The van der Waals surface area contributed by atoms with Crippen molar-refractivity contribution in [3.8, 4) is 18.1 Å². The number of ether oxygens (including phenoxy) is 1. The normalized spacial score (nSPS) is 24.9. The highest BCUT2D eigenvalue weighted by molar-refractivity contribution is 6.03. The van der Waals surface area contributed by atoms with Crippen molar-refractivity contribution in [3.05, 3.63) is 35.5 Å². The smallest absolute Gasteiger partial charge is 0.246 e. The fourth-order valence-corrected chi connectivity index (χ4v) is 3.84. The molecule has 1 fully saturated rings. The van der Waals surface area contributed by atoms with Crippen molar-refractivity contribution in [2.24, 2.45) is 5.73 Å². The Balaban J connectivity index is 1.37. The van der Waals surface area contributed by atoms with E-state index in [0.717, 1.165) is 29.8 Å². The zero-order chi connectivity index (χ0) is 21.5. The van der Waals surface area contributed by atoms with Gasteiger partial charge in [-0.3, -0.25) is 4.79 Å². The van der Waals surface area contributed by atoms with E-state index in [9.17, 15) is 4.79 Å². The standard InChI is InChI=1S/C22H26N6O2/c1-5-15-7-6-8-17(9-15)30-12-22(23)10-16(11-22)25-21-24-13(2)18-19(27-21)28(4)14(3)20(29)26-18/h1,6-9,14,16H,10-12,23H2,2-4H3,(H,26,29)(H,24,25,27)/t14-,16-,22-/m0/s1. The van der Waals surface area contributed by atoms with Crippen molar-refractivity contribution in [3.63, 3.8) is 0 Å². The second-order valence-electron chi connectivity index (χ2n) is 8.18. The second-order valence-corrected chi connectivity index (χ2v) is 8.18. The van der Waals surface area contributed by atoms with E-state index in [2.05, 4.69) is 26.5 Å². The number of carbonyl (C=O) groups excluding carboxylic acids is 1. The van der Waals surface area contributed by atoms with E-state index >= 15 is 0 Å². The molecule has 1 atom stereocenters. The van der Waals surface area contributed by atoms with Crippen LogP contribution in [-0.4, -0.2) is 47.2 Å². The molecule has 30 heavy (non-hydrogen) atoms. The maximum atomic E-state index is 12.0. The highest BCUT2D eigenvalue weighted by atomic mass is 16.5. The number of carbonyl (C=O) groups is 1. The van der Waals surface area contributed by atoms with Gasteiger partial charge in [-0.25, -0.2) is 4.98 Å². The molecule has 0 bridgehead atoms. The Morgan fingerprint density at radius 2 is 2.20 bits per heavy atom. The first-order chi connectivity index (χ1) is 14.3. The lowest BCUT2D eigenvalue weighted by atomic mass is 9.74. The van der Waals surface area contributed by atoms with Crippen LogP contribution < -0.4 is 26.0 Å². The topological polar surface area (TPSA) is 105 Å². The molecular formula is C22H26N6O2. The number of nitrogens with zero attached hydrogens (tertiary/aromatic N) is 3. The van der Waals surface area contributed by atoms with Crippen LogP contribution in [0.15, 0.2) is 24.3 Å². The average Bonchev–Trinajstić information content (AvgIpc) is 2.71. The van der Waals surface area contributed by atoms with E-state index in [0.29, 0.717) is 24.1 Å². The molecule has 1 amide bonds. The van der Waals surface area contributed by atoms with Crippen molar-refractivity contribution in [2.45, 2.75) is 44.3 Å². The molecule has 1 aliphatic heterocycles.